The molecule has 0 aliphatic carbocycles. The molecule has 2 fully saturated rings. The van der Waals surface area contributed by atoms with E-state index in [0.717, 1.165) is 16.9 Å². The topological polar surface area (TPSA) is 101 Å². The van der Waals surface area contributed by atoms with Gasteiger partial charge >= 0.3 is 5.97 Å². The van der Waals surface area contributed by atoms with Gasteiger partial charge in [-0.05, 0) is 23.8 Å². The lowest BCUT2D eigenvalue weighted by Gasteiger charge is -2.50. The number of fused-ring (bicyclic) bond motifs is 6. The van der Waals surface area contributed by atoms with Crippen molar-refractivity contribution in [3.8, 4) is 17.2 Å². The molecule has 0 spiro atoms. The fourth-order valence-corrected chi connectivity index (χ4v) is 4.89. The third kappa shape index (κ3) is 2.60. The molecule has 8 heteroatoms. The Hall–Kier alpha value is -2.81. The van der Waals surface area contributed by atoms with Crippen LogP contribution < -0.4 is 30.4 Å². The predicted octanol–water partition coefficient (Wildman–Crippen LogP) is 1.75. The first-order valence-corrected chi connectivity index (χ1v) is 9.58. The van der Waals surface area contributed by atoms with E-state index in [4.69, 9.17) is 14.2 Å². The van der Waals surface area contributed by atoms with Crippen LogP contribution in [0.1, 0.15) is 29.6 Å². The van der Waals surface area contributed by atoms with E-state index >= 15 is 0 Å². The van der Waals surface area contributed by atoms with E-state index < -0.39 is 11.6 Å². The molecule has 5 unspecified atom stereocenters. The highest BCUT2D eigenvalue weighted by Crippen LogP contribution is 2.54. The number of ether oxygens (including phenoxy) is 3. The second-order valence-electron chi connectivity index (χ2n) is 7.64. The molecule has 152 valence electrons. The van der Waals surface area contributed by atoms with Gasteiger partial charge in [-0.2, -0.15) is 0 Å². The average molecular weight is 397 g/mol. The standard InChI is InChI=1S/C21H23N3O5/c1-27-12-8-6-11(7-9-12)17-16-19(24-23-17)22-14-10-21(16,20(25)26)29-18-13(14)4-3-5-15(18)28-2/h3-9,14,16-17,19,22-24H,10H2,1-2H3,(H,25,26). The summed E-state index contributed by atoms with van der Waals surface area (Å²) in [6, 6.07) is 12.8. The summed E-state index contributed by atoms with van der Waals surface area (Å²) in [7, 11) is 3.18. The van der Waals surface area contributed by atoms with Crippen LogP contribution in [-0.4, -0.2) is 37.1 Å². The van der Waals surface area contributed by atoms with Crippen molar-refractivity contribution in [3.05, 3.63) is 53.6 Å². The third-order valence-corrected chi connectivity index (χ3v) is 6.26. The Morgan fingerprint density at radius 3 is 2.62 bits per heavy atom. The van der Waals surface area contributed by atoms with Gasteiger partial charge in [-0.15, -0.1) is 0 Å². The first-order chi connectivity index (χ1) is 14.1. The van der Waals surface area contributed by atoms with Gasteiger partial charge in [-0.1, -0.05) is 24.3 Å². The van der Waals surface area contributed by atoms with Gasteiger partial charge in [0.05, 0.1) is 32.3 Å². The number of benzene rings is 2. The number of carboxylic acids is 1. The first kappa shape index (κ1) is 18.2. The van der Waals surface area contributed by atoms with Crippen molar-refractivity contribution in [1.82, 2.24) is 16.2 Å². The Morgan fingerprint density at radius 2 is 1.93 bits per heavy atom. The highest BCUT2D eigenvalue weighted by atomic mass is 16.6. The van der Waals surface area contributed by atoms with E-state index in [-0.39, 0.29) is 24.2 Å². The van der Waals surface area contributed by atoms with Crippen LogP contribution in [0.5, 0.6) is 17.2 Å². The quantitative estimate of drug-likeness (QED) is 0.619. The molecule has 5 rings (SSSR count). The fourth-order valence-electron chi connectivity index (χ4n) is 4.89. The zero-order valence-electron chi connectivity index (χ0n) is 16.1. The number of aliphatic carboxylic acids is 1. The zero-order valence-corrected chi connectivity index (χ0v) is 16.1. The van der Waals surface area contributed by atoms with Crippen molar-refractivity contribution in [1.29, 1.82) is 0 Å². The molecular weight excluding hydrogens is 374 g/mol. The van der Waals surface area contributed by atoms with Gasteiger partial charge in [0.15, 0.2) is 11.5 Å². The molecule has 0 amide bonds. The van der Waals surface area contributed by atoms with E-state index in [9.17, 15) is 9.90 Å². The first-order valence-electron chi connectivity index (χ1n) is 9.58. The monoisotopic (exact) mass is 397 g/mol. The van der Waals surface area contributed by atoms with Crippen LogP contribution in [0, 0.1) is 5.92 Å². The third-order valence-electron chi connectivity index (χ3n) is 6.26. The number of carboxylic acid groups (broad SMARTS) is 1. The predicted molar refractivity (Wildman–Crippen MR) is 104 cm³/mol. The molecule has 0 radical (unpaired) electrons. The number of nitrogens with one attached hydrogen (secondary N) is 3. The Kier molecular flexibility index (Phi) is 4.16. The van der Waals surface area contributed by atoms with Crippen molar-refractivity contribution < 1.29 is 24.1 Å². The summed E-state index contributed by atoms with van der Waals surface area (Å²) in [5.74, 6) is 0.430. The summed E-state index contributed by atoms with van der Waals surface area (Å²) >= 11 is 0. The molecule has 2 aromatic rings. The van der Waals surface area contributed by atoms with Crippen LogP contribution in [0.2, 0.25) is 0 Å². The molecule has 2 aromatic carbocycles. The van der Waals surface area contributed by atoms with Gasteiger partial charge in [0.2, 0.25) is 5.60 Å². The summed E-state index contributed by atoms with van der Waals surface area (Å²) in [6.07, 6.45) is 0.0657. The van der Waals surface area contributed by atoms with Crippen LogP contribution in [0.25, 0.3) is 0 Å². The van der Waals surface area contributed by atoms with E-state index in [1.165, 1.54) is 0 Å². The average Bonchev–Trinajstić information content (AvgIpc) is 3.18. The highest BCUT2D eigenvalue weighted by molar-refractivity contribution is 5.80. The van der Waals surface area contributed by atoms with Gasteiger partial charge in [0, 0.05) is 18.0 Å². The Labute approximate surface area is 168 Å². The minimum Gasteiger partial charge on any atom is -0.497 e. The van der Waals surface area contributed by atoms with Gasteiger partial charge < -0.3 is 19.3 Å². The molecule has 29 heavy (non-hydrogen) atoms. The van der Waals surface area contributed by atoms with Gasteiger partial charge in [-0.25, -0.2) is 15.6 Å². The van der Waals surface area contributed by atoms with E-state index in [1.54, 1.807) is 20.3 Å². The summed E-state index contributed by atoms with van der Waals surface area (Å²) in [6.45, 7) is 0. The molecular formula is C21H23N3O5. The maximum Gasteiger partial charge on any atom is 0.348 e. The molecule has 4 N–H and O–H groups in total. The molecule has 2 saturated heterocycles. The molecule has 2 bridgehead atoms. The molecule has 0 saturated carbocycles. The number of rotatable bonds is 4. The van der Waals surface area contributed by atoms with E-state index in [0.29, 0.717) is 17.9 Å². The number of piperidine rings is 1. The molecule has 0 aromatic heterocycles. The number of carbonyl (C=O) groups is 1. The number of hydrogen-bond acceptors (Lipinski definition) is 7. The SMILES string of the molecule is COc1ccc(C2NNC3NC4CC(C(=O)O)(Oc5c(OC)cccc54)C32)cc1. The molecule has 5 atom stereocenters. The summed E-state index contributed by atoms with van der Waals surface area (Å²) in [4.78, 5) is 12.6. The van der Waals surface area contributed by atoms with E-state index in [2.05, 4.69) is 16.2 Å². The maximum atomic E-state index is 12.6. The van der Waals surface area contributed by atoms with Crippen molar-refractivity contribution in [2.24, 2.45) is 5.92 Å². The fraction of sp³-hybridized carbons (Fsp3) is 0.381. The minimum atomic E-state index is -1.40. The number of hydrazine groups is 1. The second kappa shape index (κ2) is 6.62. The molecule has 3 heterocycles. The zero-order chi connectivity index (χ0) is 20.2. The van der Waals surface area contributed by atoms with Crippen molar-refractivity contribution >= 4 is 5.97 Å². The van der Waals surface area contributed by atoms with Crippen LogP contribution in [-0.2, 0) is 4.79 Å². The van der Waals surface area contributed by atoms with Crippen LogP contribution in [0.15, 0.2) is 42.5 Å². The van der Waals surface area contributed by atoms with Gasteiger partial charge in [0.1, 0.15) is 5.75 Å². The van der Waals surface area contributed by atoms with Crippen molar-refractivity contribution in [3.63, 3.8) is 0 Å². The van der Waals surface area contributed by atoms with Crippen LogP contribution in [0.3, 0.4) is 0 Å². The van der Waals surface area contributed by atoms with Gasteiger partial charge in [0.25, 0.3) is 0 Å². The maximum absolute atomic E-state index is 12.6. The van der Waals surface area contributed by atoms with E-state index in [1.807, 2.05) is 36.4 Å². The lowest BCUT2D eigenvalue weighted by atomic mass is 9.69. The number of para-hydroxylation sites is 1. The summed E-state index contributed by atoms with van der Waals surface area (Å²) in [5, 5.41) is 13.9. The lowest BCUT2D eigenvalue weighted by Crippen LogP contribution is -2.66. The number of methoxy groups -OCH3 is 2. The molecule has 3 aliphatic heterocycles. The lowest BCUT2D eigenvalue weighted by molar-refractivity contribution is -0.170. The smallest absolute Gasteiger partial charge is 0.348 e. The summed E-state index contributed by atoms with van der Waals surface area (Å²) < 4.78 is 17.0. The Morgan fingerprint density at radius 1 is 1.14 bits per heavy atom. The minimum absolute atomic E-state index is 0.157. The van der Waals surface area contributed by atoms with Gasteiger partial charge in [-0.3, -0.25) is 5.32 Å². The number of hydrogen-bond donors (Lipinski definition) is 4. The Balaban J connectivity index is 1.60. The largest absolute Gasteiger partial charge is 0.497 e. The van der Waals surface area contributed by atoms with Crippen LogP contribution >= 0.6 is 0 Å². The normalized spacial score (nSPS) is 31.9. The Bertz CT molecular complexity index is 950. The molecule has 8 nitrogen and oxygen atoms in total. The molecule has 3 aliphatic rings. The van der Waals surface area contributed by atoms with Crippen molar-refractivity contribution in [2.45, 2.75) is 30.3 Å². The summed E-state index contributed by atoms with van der Waals surface area (Å²) in [5.41, 5.74) is 6.98. The van der Waals surface area contributed by atoms with Crippen molar-refractivity contribution in [2.75, 3.05) is 14.2 Å². The highest BCUT2D eigenvalue weighted by Gasteiger charge is 2.64. The second-order valence-corrected chi connectivity index (χ2v) is 7.64. The van der Waals surface area contributed by atoms with Crippen LogP contribution in [0.4, 0.5) is 0 Å².